The fourth-order valence-electron chi connectivity index (χ4n) is 3.65. The Hall–Kier alpha value is -3.36. The Morgan fingerprint density at radius 3 is 2.65 bits per heavy atom. The highest BCUT2D eigenvalue weighted by molar-refractivity contribution is 7.15. The smallest absolute Gasteiger partial charge is 0.341 e. The Morgan fingerprint density at radius 1 is 1.21 bits per heavy atom. The van der Waals surface area contributed by atoms with Crippen molar-refractivity contribution >= 4 is 51.4 Å². The molecule has 1 aliphatic heterocycles. The molecule has 2 aromatic carbocycles. The van der Waals surface area contributed by atoms with Crippen molar-refractivity contribution in [2.45, 2.75) is 26.9 Å². The summed E-state index contributed by atoms with van der Waals surface area (Å²) in [5.74, 6) is -0.879. The molecule has 0 saturated carbocycles. The maximum absolute atomic E-state index is 13.0. The number of anilines is 2. The van der Waals surface area contributed by atoms with Gasteiger partial charge >= 0.3 is 5.97 Å². The molecule has 7 nitrogen and oxygen atoms in total. The van der Waals surface area contributed by atoms with Crippen LogP contribution < -0.4 is 15.0 Å². The number of halogens is 1. The lowest BCUT2D eigenvalue weighted by Gasteiger charge is -2.32. The van der Waals surface area contributed by atoms with Gasteiger partial charge in [0.2, 0.25) is 5.91 Å². The van der Waals surface area contributed by atoms with Crippen molar-refractivity contribution < 1.29 is 23.9 Å². The first-order valence-corrected chi connectivity index (χ1v) is 12.0. The molecule has 2 amide bonds. The van der Waals surface area contributed by atoms with E-state index in [0.29, 0.717) is 27.0 Å². The Labute approximate surface area is 206 Å². The quantitative estimate of drug-likeness (QED) is 0.466. The van der Waals surface area contributed by atoms with Crippen LogP contribution >= 0.6 is 22.9 Å². The van der Waals surface area contributed by atoms with E-state index >= 15 is 0 Å². The van der Waals surface area contributed by atoms with Crippen LogP contribution in [-0.4, -0.2) is 37.0 Å². The highest BCUT2D eigenvalue weighted by Gasteiger charge is 2.33. The zero-order chi connectivity index (χ0) is 24.4. The van der Waals surface area contributed by atoms with E-state index in [1.807, 2.05) is 36.6 Å². The molecule has 0 spiro atoms. The van der Waals surface area contributed by atoms with E-state index in [-0.39, 0.29) is 24.6 Å². The van der Waals surface area contributed by atoms with Gasteiger partial charge in [0.05, 0.1) is 12.3 Å². The fraction of sp³-hybridized carbons (Fsp3) is 0.240. The number of amides is 2. The number of thiophene rings is 1. The van der Waals surface area contributed by atoms with Gasteiger partial charge < -0.3 is 14.8 Å². The van der Waals surface area contributed by atoms with E-state index in [1.54, 1.807) is 32.0 Å². The van der Waals surface area contributed by atoms with Crippen molar-refractivity contribution in [2.24, 2.45) is 0 Å². The largest absolute Gasteiger partial charge is 0.479 e. The average Bonchev–Trinajstić information content (AvgIpc) is 3.21. The molecule has 0 bridgehead atoms. The minimum absolute atomic E-state index is 0.202. The Bertz CT molecular complexity index is 1250. The number of fused-ring (bicyclic) bond motifs is 1. The first-order chi connectivity index (χ1) is 16.3. The summed E-state index contributed by atoms with van der Waals surface area (Å²) in [6.45, 7) is 5.26. The van der Waals surface area contributed by atoms with Gasteiger partial charge in [0.1, 0.15) is 22.9 Å². The van der Waals surface area contributed by atoms with Gasteiger partial charge in [-0.3, -0.25) is 14.5 Å². The highest BCUT2D eigenvalue weighted by Crippen LogP contribution is 2.38. The second-order valence-corrected chi connectivity index (χ2v) is 9.10. The zero-order valence-electron chi connectivity index (χ0n) is 18.9. The lowest BCUT2D eigenvalue weighted by atomic mass is 10.0. The van der Waals surface area contributed by atoms with Crippen molar-refractivity contribution in [3.63, 3.8) is 0 Å². The van der Waals surface area contributed by atoms with Crippen LogP contribution in [-0.2, 0) is 14.3 Å². The Balaban J connectivity index is 1.62. The van der Waals surface area contributed by atoms with E-state index in [9.17, 15) is 14.4 Å². The third-order valence-electron chi connectivity index (χ3n) is 5.32. The van der Waals surface area contributed by atoms with Crippen molar-refractivity contribution in [3.8, 4) is 16.9 Å². The molecule has 3 aromatic rings. The number of carbonyl (C=O) groups is 3. The molecule has 1 N–H and O–H groups in total. The number of nitrogens with one attached hydrogen (secondary N) is 1. The van der Waals surface area contributed by atoms with Crippen LogP contribution in [0.4, 0.5) is 10.7 Å². The van der Waals surface area contributed by atoms with Crippen LogP contribution in [0.25, 0.3) is 11.1 Å². The number of nitrogens with zero attached hydrogens (tertiary/aromatic N) is 1. The van der Waals surface area contributed by atoms with E-state index < -0.39 is 18.0 Å². The number of ether oxygens (including phenoxy) is 2. The van der Waals surface area contributed by atoms with Crippen LogP contribution in [0.1, 0.15) is 29.8 Å². The second-order valence-electron chi connectivity index (χ2n) is 7.78. The van der Waals surface area contributed by atoms with E-state index in [4.69, 9.17) is 21.1 Å². The molecule has 176 valence electrons. The monoisotopic (exact) mass is 498 g/mol. The van der Waals surface area contributed by atoms with Gasteiger partial charge in [0.15, 0.2) is 6.10 Å². The molecule has 4 rings (SSSR count). The minimum atomic E-state index is -0.744. The summed E-state index contributed by atoms with van der Waals surface area (Å²) in [6.07, 6.45) is -0.744. The van der Waals surface area contributed by atoms with Crippen molar-refractivity contribution in [1.29, 1.82) is 0 Å². The summed E-state index contributed by atoms with van der Waals surface area (Å²) in [5.41, 5.74) is 3.31. The SMILES string of the molecule is CCOC(=O)c1c(-c2ccc(C)cc2)csc1NC(=O)CN1C(=O)C(C)Oc2ccc(Cl)cc21. The molecule has 34 heavy (non-hydrogen) atoms. The Morgan fingerprint density at radius 2 is 1.94 bits per heavy atom. The predicted molar refractivity (Wildman–Crippen MR) is 133 cm³/mol. The van der Waals surface area contributed by atoms with Crippen LogP contribution in [0.15, 0.2) is 47.8 Å². The van der Waals surface area contributed by atoms with Gasteiger partial charge in [0, 0.05) is 16.0 Å². The molecule has 0 aliphatic carbocycles. The first kappa shape index (κ1) is 23.8. The summed E-state index contributed by atoms with van der Waals surface area (Å²) in [7, 11) is 0. The van der Waals surface area contributed by atoms with E-state index in [2.05, 4.69) is 5.32 Å². The average molecular weight is 499 g/mol. The van der Waals surface area contributed by atoms with Crippen LogP contribution in [0.3, 0.4) is 0 Å². The fourth-order valence-corrected chi connectivity index (χ4v) is 4.79. The molecular formula is C25H23ClN2O5S. The number of rotatable bonds is 6. The van der Waals surface area contributed by atoms with Crippen molar-refractivity contribution in [1.82, 2.24) is 0 Å². The lowest BCUT2D eigenvalue weighted by Crippen LogP contribution is -2.47. The van der Waals surface area contributed by atoms with Crippen LogP contribution in [0, 0.1) is 6.92 Å². The molecular weight excluding hydrogens is 476 g/mol. The maximum atomic E-state index is 13.0. The summed E-state index contributed by atoms with van der Waals surface area (Å²) in [5, 5.41) is 5.38. The van der Waals surface area contributed by atoms with Gasteiger partial charge in [-0.2, -0.15) is 0 Å². The molecule has 1 unspecified atom stereocenters. The number of esters is 1. The molecule has 1 aromatic heterocycles. The lowest BCUT2D eigenvalue weighted by molar-refractivity contribution is -0.127. The third-order valence-corrected chi connectivity index (χ3v) is 6.45. The predicted octanol–water partition coefficient (Wildman–Crippen LogP) is 5.31. The number of carbonyl (C=O) groups excluding carboxylic acids is 3. The zero-order valence-corrected chi connectivity index (χ0v) is 20.5. The first-order valence-electron chi connectivity index (χ1n) is 10.7. The van der Waals surface area contributed by atoms with Gasteiger partial charge in [0.25, 0.3) is 5.91 Å². The highest BCUT2D eigenvalue weighted by atomic mass is 35.5. The van der Waals surface area contributed by atoms with Crippen molar-refractivity contribution in [3.05, 3.63) is 64.0 Å². The minimum Gasteiger partial charge on any atom is -0.479 e. The number of aryl methyl sites for hydroxylation is 1. The van der Waals surface area contributed by atoms with Gasteiger partial charge in [-0.05, 0) is 44.5 Å². The van der Waals surface area contributed by atoms with Crippen LogP contribution in [0.2, 0.25) is 5.02 Å². The van der Waals surface area contributed by atoms with Gasteiger partial charge in [-0.15, -0.1) is 11.3 Å². The Kier molecular flexibility index (Phi) is 6.90. The van der Waals surface area contributed by atoms with Gasteiger partial charge in [-0.25, -0.2) is 4.79 Å². The summed E-state index contributed by atoms with van der Waals surface area (Å²) in [4.78, 5) is 39.9. The number of hydrogen-bond donors (Lipinski definition) is 1. The molecule has 2 heterocycles. The molecule has 1 atom stereocenters. The number of hydrogen-bond acceptors (Lipinski definition) is 6. The molecule has 1 aliphatic rings. The summed E-state index contributed by atoms with van der Waals surface area (Å²) in [6, 6.07) is 12.6. The van der Waals surface area contributed by atoms with Crippen LogP contribution in [0.5, 0.6) is 5.75 Å². The summed E-state index contributed by atoms with van der Waals surface area (Å²) < 4.78 is 10.9. The van der Waals surface area contributed by atoms with Gasteiger partial charge in [-0.1, -0.05) is 41.4 Å². The van der Waals surface area contributed by atoms with E-state index in [0.717, 1.165) is 11.1 Å². The number of benzene rings is 2. The normalized spacial score (nSPS) is 14.9. The third kappa shape index (κ3) is 4.78. The topological polar surface area (TPSA) is 84.9 Å². The molecule has 0 fully saturated rings. The molecule has 0 saturated heterocycles. The van der Waals surface area contributed by atoms with Crippen molar-refractivity contribution in [2.75, 3.05) is 23.4 Å². The second kappa shape index (κ2) is 9.87. The van der Waals surface area contributed by atoms with E-state index in [1.165, 1.54) is 16.2 Å². The molecule has 9 heteroatoms. The summed E-state index contributed by atoms with van der Waals surface area (Å²) >= 11 is 7.33. The maximum Gasteiger partial charge on any atom is 0.341 e. The standard InChI is InChI=1S/C25H23ClN2O5S/c1-4-32-25(31)22-18(16-7-5-14(2)6-8-16)13-34-23(22)27-21(29)12-28-19-11-17(26)9-10-20(19)33-15(3)24(28)30/h5-11,13,15H,4,12H2,1-3H3,(H,27,29). The molecule has 0 radical (unpaired) electrons.